The second-order valence-electron chi connectivity index (χ2n) is 4.98. The number of nitrogens with one attached hydrogen (secondary N) is 1. The first-order valence-electron chi connectivity index (χ1n) is 6.64. The Morgan fingerprint density at radius 1 is 1.35 bits per heavy atom. The average Bonchev–Trinajstić information content (AvgIpc) is 2.46. The Hall–Kier alpha value is -2.42. The molecule has 2 rings (SSSR count). The van der Waals surface area contributed by atoms with Crippen LogP contribution < -0.4 is 14.4 Å². The van der Waals surface area contributed by atoms with Crippen LogP contribution in [0.15, 0.2) is 30.5 Å². The molecule has 0 radical (unpaired) electrons. The van der Waals surface area contributed by atoms with Crippen LogP contribution >= 0.6 is 0 Å². The minimum absolute atomic E-state index is 0.127. The third-order valence-electron chi connectivity index (χ3n) is 2.86. The van der Waals surface area contributed by atoms with Crippen molar-refractivity contribution in [1.29, 1.82) is 0 Å². The Balaban J connectivity index is 2.26. The van der Waals surface area contributed by atoms with E-state index in [0.717, 1.165) is 0 Å². The van der Waals surface area contributed by atoms with Gasteiger partial charge in [0.2, 0.25) is 10.0 Å². The molecule has 0 amide bonds. The van der Waals surface area contributed by atoms with Gasteiger partial charge < -0.3 is 9.64 Å². The molecule has 0 saturated carbocycles. The molecule has 0 aliphatic heterocycles. The molecule has 7 nitrogen and oxygen atoms in total. The van der Waals surface area contributed by atoms with Crippen LogP contribution in [-0.2, 0) is 15.8 Å². The Bertz CT molecular complexity index is 796. The van der Waals surface area contributed by atoms with E-state index in [4.69, 9.17) is 4.74 Å². The second-order valence-corrected chi connectivity index (χ2v) is 6.70. The smallest absolute Gasteiger partial charge is 0.318 e. The highest BCUT2D eigenvalue weighted by Gasteiger charge is 2.17. The monoisotopic (exact) mass is 340 g/mol. The highest BCUT2D eigenvalue weighted by atomic mass is 32.2. The Morgan fingerprint density at radius 2 is 2.09 bits per heavy atom. The van der Waals surface area contributed by atoms with Crippen molar-refractivity contribution in [2.24, 2.45) is 0 Å². The average molecular weight is 340 g/mol. The largest absolute Gasteiger partial charge is 0.467 e. The third-order valence-corrected chi connectivity index (χ3v) is 4.11. The molecule has 23 heavy (non-hydrogen) atoms. The highest BCUT2D eigenvalue weighted by Crippen LogP contribution is 2.24. The molecule has 1 heterocycles. The topological polar surface area (TPSA) is 84.4 Å². The van der Waals surface area contributed by atoms with Crippen molar-refractivity contribution in [2.45, 2.75) is 5.75 Å². The molecule has 1 aromatic carbocycles. The van der Waals surface area contributed by atoms with Gasteiger partial charge in [-0.2, -0.15) is 4.98 Å². The molecule has 0 aliphatic carbocycles. The van der Waals surface area contributed by atoms with Crippen LogP contribution in [-0.4, -0.2) is 39.6 Å². The highest BCUT2D eigenvalue weighted by molar-refractivity contribution is 7.91. The molecule has 0 fully saturated rings. The summed E-state index contributed by atoms with van der Waals surface area (Å²) < 4.78 is 45.1. The first-order valence-corrected chi connectivity index (χ1v) is 8.29. The first kappa shape index (κ1) is 16.9. The van der Waals surface area contributed by atoms with Crippen molar-refractivity contribution >= 4 is 21.5 Å². The minimum Gasteiger partial charge on any atom is -0.467 e. The van der Waals surface area contributed by atoms with Gasteiger partial charge in [0.25, 0.3) is 0 Å². The quantitative estimate of drug-likeness (QED) is 0.860. The maximum absolute atomic E-state index is 13.2. The molecule has 0 aliphatic rings. The van der Waals surface area contributed by atoms with Crippen molar-refractivity contribution < 1.29 is 17.5 Å². The van der Waals surface area contributed by atoms with E-state index in [9.17, 15) is 12.8 Å². The van der Waals surface area contributed by atoms with E-state index in [1.165, 1.54) is 31.5 Å². The third kappa shape index (κ3) is 4.52. The fourth-order valence-electron chi connectivity index (χ4n) is 1.92. The van der Waals surface area contributed by atoms with Gasteiger partial charge in [-0.15, -0.1) is 0 Å². The van der Waals surface area contributed by atoms with Gasteiger partial charge in [0.05, 0.1) is 19.1 Å². The van der Waals surface area contributed by atoms with Crippen molar-refractivity contribution in [3.05, 3.63) is 41.8 Å². The van der Waals surface area contributed by atoms with Gasteiger partial charge in [-0.25, -0.2) is 17.8 Å². The molecule has 9 heteroatoms. The summed E-state index contributed by atoms with van der Waals surface area (Å²) in [7, 11) is 1.10. The number of aromatic nitrogens is 2. The summed E-state index contributed by atoms with van der Waals surface area (Å²) in [4.78, 5) is 9.63. The lowest BCUT2D eigenvalue weighted by molar-refractivity contribution is 0.380. The van der Waals surface area contributed by atoms with Gasteiger partial charge in [-0.3, -0.25) is 4.72 Å². The summed E-state index contributed by atoms with van der Waals surface area (Å²) in [6.07, 6.45) is 1.32. The van der Waals surface area contributed by atoms with Crippen LogP contribution in [0.1, 0.15) is 5.56 Å². The van der Waals surface area contributed by atoms with E-state index in [1.807, 2.05) is 0 Å². The normalized spacial score (nSPS) is 11.1. The van der Waals surface area contributed by atoms with Crippen LogP contribution in [0.2, 0.25) is 0 Å². The molecule has 0 bridgehead atoms. The van der Waals surface area contributed by atoms with Gasteiger partial charge in [0.15, 0.2) is 5.82 Å². The van der Waals surface area contributed by atoms with Crippen LogP contribution in [0.25, 0.3) is 0 Å². The second kappa shape index (κ2) is 6.78. The number of ether oxygens (including phenoxy) is 1. The lowest BCUT2D eigenvalue weighted by Gasteiger charge is -2.17. The molecular formula is C14H17FN4O3S. The van der Waals surface area contributed by atoms with Crippen LogP contribution in [0, 0.1) is 5.82 Å². The summed E-state index contributed by atoms with van der Waals surface area (Å²) >= 11 is 0. The standard InChI is InChI=1S/C14H17FN4O3S/c1-19(2)13-12(8-16-14(17-13)22-3)18-23(20,21)9-10-5-4-6-11(15)7-10/h4-8,18H,9H2,1-3H3. The van der Waals surface area contributed by atoms with Gasteiger partial charge in [-0.05, 0) is 17.7 Å². The summed E-state index contributed by atoms with van der Waals surface area (Å²) in [6, 6.07) is 5.56. The number of hydrogen-bond acceptors (Lipinski definition) is 6. The fraction of sp³-hybridized carbons (Fsp3) is 0.286. The molecule has 2 aromatic rings. The molecular weight excluding hydrogens is 323 g/mol. The van der Waals surface area contributed by atoms with Crippen LogP contribution in [0.4, 0.5) is 15.9 Å². The van der Waals surface area contributed by atoms with Gasteiger partial charge >= 0.3 is 6.01 Å². The van der Waals surface area contributed by atoms with Gasteiger partial charge in [0, 0.05) is 14.1 Å². The van der Waals surface area contributed by atoms with E-state index in [-0.39, 0.29) is 17.5 Å². The summed E-state index contributed by atoms with van der Waals surface area (Å²) in [5, 5.41) is 0. The first-order chi connectivity index (χ1) is 10.8. The van der Waals surface area contributed by atoms with Crippen molar-refractivity contribution in [3.63, 3.8) is 0 Å². The lowest BCUT2D eigenvalue weighted by Crippen LogP contribution is -2.20. The van der Waals surface area contributed by atoms with Crippen molar-refractivity contribution in [2.75, 3.05) is 30.8 Å². The molecule has 0 saturated heterocycles. The number of benzene rings is 1. The van der Waals surface area contributed by atoms with E-state index >= 15 is 0 Å². The zero-order chi connectivity index (χ0) is 17.0. The minimum atomic E-state index is -3.74. The number of anilines is 2. The van der Waals surface area contributed by atoms with E-state index in [0.29, 0.717) is 11.4 Å². The number of halogens is 1. The molecule has 0 unspecified atom stereocenters. The van der Waals surface area contributed by atoms with Crippen LogP contribution in [0.5, 0.6) is 6.01 Å². The molecule has 0 atom stereocenters. The Labute approximate surface area is 134 Å². The van der Waals surface area contributed by atoms with Crippen molar-refractivity contribution in [1.82, 2.24) is 9.97 Å². The van der Waals surface area contributed by atoms with Gasteiger partial charge in [-0.1, -0.05) is 12.1 Å². The predicted molar refractivity (Wildman–Crippen MR) is 85.6 cm³/mol. The van der Waals surface area contributed by atoms with Crippen LogP contribution in [0.3, 0.4) is 0 Å². The zero-order valence-electron chi connectivity index (χ0n) is 12.9. The van der Waals surface area contributed by atoms with E-state index in [2.05, 4.69) is 14.7 Å². The SMILES string of the molecule is COc1ncc(NS(=O)(=O)Cc2cccc(F)c2)c(N(C)C)n1. The Morgan fingerprint density at radius 3 is 2.70 bits per heavy atom. The Kier molecular flexibility index (Phi) is 4.99. The number of methoxy groups -OCH3 is 1. The zero-order valence-corrected chi connectivity index (χ0v) is 13.8. The summed E-state index contributed by atoms with van der Waals surface area (Å²) in [5.74, 6) is -0.483. The molecule has 124 valence electrons. The van der Waals surface area contributed by atoms with Gasteiger partial charge in [0.1, 0.15) is 11.5 Å². The summed E-state index contributed by atoms with van der Waals surface area (Å²) in [6.45, 7) is 0. The maximum atomic E-state index is 13.2. The number of sulfonamides is 1. The predicted octanol–water partition coefficient (Wildman–Crippen LogP) is 1.63. The molecule has 0 spiro atoms. The molecule has 1 aromatic heterocycles. The maximum Gasteiger partial charge on any atom is 0.318 e. The number of hydrogen-bond donors (Lipinski definition) is 1. The number of rotatable bonds is 6. The van der Waals surface area contributed by atoms with E-state index < -0.39 is 15.8 Å². The fourth-order valence-corrected chi connectivity index (χ4v) is 3.09. The summed E-state index contributed by atoms with van der Waals surface area (Å²) in [5.41, 5.74) is 0.561. The number of nitrogens with zero attached hydrogens (tertiary/aromatic N) is 3. The van der Waals surface area contributed by atoms with E-state index in [1.54, 1.807) is 25.1 Å². The van der Waals surface area contributed by atoms with Crippen molar-refractivity contribution in [3.8, 4) is 6.01 Å². The lowest BCUT2D eigenvalue weighted by atomic mass is 10.2. The molecule has 1 N–H and O–H groups in total.